The second-order valence-corrected chi connectivity index (χ2v) is 6.90. The summed E-state index contributed by atoms with van der Waals surface area (Å²) in [5.74, 6) is -0.162. The van der Waals surface area contributed by atoms with Gasteiger partial charge in [0.1, 0.15) is 6.04 Å². The summed E-state index contributed by atoms with van der Waals surface area (Å²) in [6.07, 6.45) is 19.4. The van der Waals surface area contributed by atoms with E-state index in [0.717, 1.165) is 19.3 Å². The Labute approximate surface area is 142 Å². The van der Waals surface area contributed by atoms with Gasteiger partial charge in [-0.3, -0.25) is 10.1 Å². The molecule has 134 valence electrons. The molecule has 0 bridgehead atoms. The Bertz CT molecular complexity index is 331. The molecule has 4 heteroatoms. The predicted octanol–water partition coefficient (Wildman–Crippen LogP) is 5.07. The summed E-state index contributed by atoms with van der Waals surface area (Å²) < 4.78 is 0. The molecule has 4 nitrogen and oxygen atoms in total. The normalized spacial score (nSPS) is 17.3. The number of carbonyl (C=O) groups excluding carboxylic acids is 2. The number of unbranched alkanes of at least 4 members (excludes halogenated alkanes) is 13. The van der Waals surface area contributed by atoms with Crippen molar-refractivity contribution >= 4 is 11.9 Å². The molecule has 1 atom stereocenters. The average Bonchev–Trinajstić information content (AvgIpc) is 2.85. The fraction of sp³-hybridized carbons (Fsp3) is 0.895. The standard InChI is InChI=1S/C19H36N2O2/c1-2-3-4-5-6-7-8-9-10-11-12-13-14-15-16-17-18(22)21-19(23)20-17/h17H,2-16H2,1H3,(H2,20,21,22,23). The molecule has 0 radical (unpaired) electrons. The third kappa shape index (κ3) is 10.4. The molecular weight excluding hydrogens is 288 g/mol. The van der Waals surface area contributed by atoms with E-state index >= 15 is 0 Å². The summed E-state index contributed by atoms with van der Waals surface area (Å²) in [5.41, 5.74) is 0. The van der Waals surface area contributed by atoms with E-state index in [1.54, 1.807) is 0 Å². The van der Waals surface area contributed by atoms with E-state index in [1.165, 1.54) is 77.0 Å². The Kier molecular flexibility index (Phi) is 11.6. The molecule has 0 aromatic heterocycles. The van der Waals surface area contributed by atoms with E-state index in [1.807, 2.05) is 0 Å². The lowest BCUT2D eigenvalue weighted by atomic mass is 10.0. The van der Waals surface area contributed by atoms with Gasteiger partial charge >= 0.3 is 6.03 Å². The molecule has 0 aromatic carbocycles. The monoisotopic (exact) mass is 324 g/mol. The molecule has 1 unspecified atom stereocenters. The molecular formula is C19H36N2O2. The third-order valence-electron chi connectivity index (χ3n) is 4.70. The van der Waals surface area contributed by atoms with Gasteiger partial charge in [-0.25, -0.2) is 4.79 Å². The van der Waals surface area contributed by atoms with Crippen LogP contribution < -0.4 is 10.6 Å². The van der Waals surface area contributed by atoms with Crippen LogP contribution >= 0.6 is 0 Å². The van der Waals surface area contributed by atoms with Crippen LogP contribution in [0.1, 0.15) is 103 Å². The maximum Gasteiger partial charge on any atom is 0.322 e. The van der Waals surface area contributed by atoms with Crippen LogP contribution in [0.5, 0.6) is 0 Å². The highest BCUT2D eigenvalue weighted by atomic mass is 16.2. The number of imide groups is 1. The molecule has 1 aliphatic rings. The van der Waals surface area contributed by atoms with Crippen molar-refractivity contribution in [3.8, 4) is 0 Å². The van der Waals surface area contributed by atoms with Crippen LogP contribution in [0.3, 0.4) is 0 Å². The lowest BCUT2D eigenvalue weighted by Gasteiger charge is -2.06. The van der Waals surface area contributed by atoms with Crippen molar-refractivity contribution < 1.29 is 9.59 Å². The minimum absolute atomic E-state index is 0.162. The van der Waals surface area contributed by atoms with Crippen molar-refractivity contribution in [2.24, 2.45) is 0 Å². The van der Waals surface area contributed by atoms with Gasteiger partial charge in [-0.15, -0.1) is 0 Å². The zero-order valence-electron chi connectivity index (χ0n) is 15.0. The van der Waals surface area contributed by atoms with Gasteiger partial charge in [0.15, 0.2) is 0 Å². The van der Waals surface area contributed by atoms with Gasteiger partial charge in [-0.05, 0) is 6.42 Å². The van der Waals surface area contributed by atoms with Crippen molar-refractivity contribution in [1.82, 2.24) is 10.6 Å². The first-order valence-corrected chi connectivity index (χ1v) is 9.85. The zero-order valence-corrected chi connectivity index (χ0v) is 15.0. The molecule has 1 aliphatic heterocycles. The highest BCUT2D eigenvalue weighted by Crippen LogP contribution is 2.14. The highest BCUT2D eigenvalue weighted by molar-refractivity contribution is 6.04. The summed E-state index contributed by atoms with van der Waals surface area (Å²) >= 11 is 0. The fourth-order valence-corrected chi connectivity index (χ4v) is 3.21. The summed E-state index contributed by atoms with van der Waals surface area (Å²) in [7, 11) is 0. The summed E-state index contributed by atoms with van der Waals surface area (Å²) in [6.45, 7) is 2.27. The van der Waals surface area contributed by atoms with Gasteiger partial charge in [0.05, 0.1) is 0 Å². The first-order valence-electron chi connectivity index (χ1n) is 9.85. The first-order chi connectivity index (χ1) is 11.2. The Morgan fingerprint density at radius 1 is 0.696 bits per heavy atom. The van der Waals surface area contributed by atoms with E-state index in [2.05, 4.69) is 17.6 Å². The van der Waals surface area contributed by atoms with Crippen LogP contribution in [0.2, 0.25) is 0 Å². The molecule has 0 aromatic rings. The van der Waals surface area contributed by atoms with Crippen LogP contribution in [0.25, 0.3) is 0 Å². The smallest absolute Gasteiger partial charge is 0.322 e. The van der Waals surface area contributed by atoms with E-state index in [9.17, 15) is 9.59 Å². The van der Waals surface area contributed by atoms with Gasteiger partial charge < -0.3 is 5.32 Å². The first kappa shape index (κ1) is 20.0. The van der Waals surface area contributed by atoms with E-state index < -0.39 is 0 Å². The van der Waals surface area contributed by atoms with Crippen LogP contribution in [0.15, 0.2) is 0 Å². The Morgan fingerprint density at radius 2 is 1.13 bits per heavy atom. The minimum Gasteiger partial charge on any atom is -0.326 e. The molecule has 1 saturated heterocycles. The number of urea groups is 1. The van der Waals surface area contributed by atoms with Crippen LogP contribution in [-0.4, -0.2) is 18.0 Å². The maximum absolute atomic E-state index is 11.4. The highest BCUT2D eigenvalue weighted by Gasteiger charge is 2.28. The molecule has 3 amide bonds. The molecule has 1 fully saturated rings. The number of rotatable bonds is 15. The van der Waals surface area contributed by atoms with Crippen molar-refractivity contribution in [1.29, 1.82) is 0 Å². The van der Waals surface area contributed by atoms with Crippen molar-refractivity contribution in [2.45, 2.75) is 109 Å². The van der Waals surface area contributed by atoms with Gasteiger partial charge in [0.25, 0.3) is 5.91 Å². The van der Waals surface area contributed by atoms with E-state index in [-0.39, 0.29) is 18.0 Å². The number of carbonyl (C=O) groups is 2. The molecule has 23 heavy (non-hydrogen) atoms. The maximum atomic E-state index is 11.4. The number of nitrogens with one attached hydrogen (secondary N) is 2. The second kappa shape index (κ2) is 13.4. The van der Waals surface area contributed by atoms with Crippen molar-refractivity contribution in [2.75, 3.05) is 0 Å². The zero-order chi connectivity index (χ0) is 16.8. The average molecular weight is 325 g/mol. The number of hydrogen-bond donors (Lipinski definition) is 2. The summed E-state index contributed by atoms with van der Waals surface area (Å²) in [5, 5.41) is 4.93. The van der Waals surface area contributed by atoms with E-state index in [0.29, 0.717) is 0 Å². The molecule has 0 spiro atoms. The molecule has 1 rings (SSSR count). The topological polar surface area (TPSA) is 58.2 Å². The Morgan fingerprint density at radius 3 is 1.52 bits per heavy atom. The third-order valence-corrected chi connectivity index (χ3v) is 4.70. The summed E-state index contributed by atoms with van der Waals surface area (Å²) in [6, 6.07) is -0.634. The molecule has 1 heterocycles. The SMILES string of the molecule is CCCCCCCCCCCCCCCCC1NC(=O)NC1=O. The van der Waals surface area contributed by atoms with Gasteiger partial charge in [0.2, 0.25) is 0 Å². The molecule has 2 N–H and O–H groups in total. The lowest BCUT2D eigenvalue weighted by Crippen LogP contribution is -2.28. The number of amides is 3. The van der Waals surface area contributed by atoms with E-state index in [4.69, 9.17) is 0 Å². The van der Waals surface area contributed by atoms with Gasteiger partial charge in [-0.1, -0.05) is 96.8 Å². The predicted molar refractivity (Wildman–Crippen MR) is 95.4 cm³/mol. The van der Waals surface area contributed by atoms with Crippen LogP contribution in [-0.2, 0) is 4.79 Å². The van der Waals surface area contributed by atoms with Crippen molar-refractivity contribution in [3.05, 3.63) is 0 Å². The minimum atomic E-state index is -0.342. The largest absolute Gasteiger partial charge is 0.326 e. The van der Waals surface area contributed by atoms with Gasteiger partial charge in [-0.2, -0.15) is 0 Å². The lowest BCUT2D eigenvalue weighted by molar-refractivity contribution is -0.120. The molecule has 0 aliphatic carbocycles. The molecule has 0 saturated carbocycles. The number of hydrogen-bond acceptors (Lipinski definition) is 2. The Hall–Kier alpha value is -1.06. The van der Waals surface area contributed by atoms with Gasteiger partial charge in [0, 0.05) is 0 Å². The summed E-state index contributed by atoms with van der Waals surface area (Å²) in [4.78, 5) is 22.3. The fourth-order valence-electron chi connectivity index (χ4n) is 3.21. The van der Waals surface area contributed by atoms with Crippen LogP contribution in [0, 0.1) is 0 Å². The van der Waals surface area contributed by atoms with Crippen LogP contribution in [0.4, 0.5) is 4.79 Å². The second-order valence-electron chi connectivity index (χ2n) is 6.90. The quantitative estimate of drug-likeness (QED) is 0.326. The Balaban J connectivity index is 1.75. The van der Waals surface area contributed by atoms with Crippen molar-refractivity contribution in [3.63, 3.8) is 0 Å².